The van der Waals surface area contributed by atoms with Crippen molar-refractivity contribution in [2.24, 2.45) is 11.8 Å². The van der Waals surface area contributed by atoms with Gasteiger partial charge < -0.3 is 10.2 Å². The zero-order valence-corrected chi connectivity index (χ0v) is 14.5. The molecule has 1 aromatic carbocycles. The van der Waals surface area contributed by atoms with Crippen molar-refractivity contribution < 1.29 is 0 Å². The van der Waals surface area contributed by atoms with Crippen molar-refractivity contribution in [3.8, 4) is 0 Å². The molecule has 1 N–H and O–H groups in total. The molecule has 2 rings (SSSR count). The summed E-state index contributed by atoms with van der Waals surface area (Å²) in [5.41, 5.74) is 1.33. The van der Waals surface area contributed by atoms with Gasteiger partial charge in [-0.25, -0.2) is 0 Å². The first-order valence-corrected chi connectivity index (χ1v) is 8.42. The van der Waals surface area contributed by atoms with Gasteiger partial charge in [-0.05, 0) is 72.1 Å². The molecule has 0 bridgehead atoms. The third-order valence-electron chi connectivity index (χ3n) is 3.52. The maximum absolute atomic E-state index is 6.02. The van der Waals surface area contributed by atoms with E-state index < -0.39 is 0 Å². The SMILES string of the molecule is CC(C)CNCC1CCN(c2ccc(Cl)cc2I)C1. The summed E-state index contributed by atoms with van der Waals surface area (Å²) in [6, 6.07) is 6.18. The first-order valence-electron chi connectivity index (χ1n) is 6.97. The molecule has 1 aliphatic heterocycles. The molecule has 106 valence electrons. The van der Waals surface area contributed by atoms with E-state index in [1.165, 1.54) is 15.7 Å². The molecular formula is C15H22ClIN2. The Bertz CT molecular complexity index is 423. The number of nitrogens with zero attached hydrogens (tertiary/aromatic N) is 1. The van der Waals surface area contributed by atoms with E-state index in [9.17, 15) is 0 Å². The molecule has 0 amide bonds. The fourth-order valence-electron chi connectivity index (χ4n) is 2.53. The van der Waals surface area contributed by atoms with Crippen LogP contribution in [0.4, 0.5) is 5.69 Å². The standard InChI is InChI=1S/C15H22ClIN2/c1-11(2)8-18-9-12-5-6-19(10-12)15-4-3-13(16)7-14(15)17/h3-4,7,11-12,18H,5-6,8-10H2,1-2H3. The van der Waals surface area contributed by atoms with Gasteiger partial charge in [0.05, 0.1) is 5.69 Å². The van der Waals surface area contributed by atoms with Crippen LogP contribution in [0, 0.1) is 15.4 Å². The van der Waals surface area contributed by atoms with E-state index in [2.05, 4.69) is 52.7 Å². The van der Waals surface area contributed by atoms with E-state index in [4.69, 9.17) is 11.6 Å². The fraction of sp³-hybridized carbons (Fsp3) is 0.600. The van der Waals surface area contributed by atoms with Gasteiger partial charge in [0.25, 0.3) is 0 Å². The Morgan fingerprint density at radius 3 is 2.95 bits per heavy atom. The van der Waals surface area contributed by atoms with E-state index in [1.807, 2.05) is 12.1 Å². The van der Waals surface area contributed by atoms with Gasteiger partial charge in [-0.3, -0.25) is 0 Å². The Kier molecular flexibility index (Phi) is 5.78. The summed E-state index contributed by atoms with van der Waals surface area (Å²) in [6.45, 7) is 9.08. The first kappa shape index (κ1) is 15.4. The maximum atomic E-state index is 6.02. The van der Waals surface area contributed by atoms with Gasteiger partial charge in [-0.1, -0.05) is 25.4 Å². The topological polar surface area (TPSA) is 15.3 Å². The van der Waals surface area contributed by atoms with Gasteiger partial charge in [0, 0.05) is 21.7 Å². The largest absolute Gasteiger partial charge is 0.370 e. The zero-order chi connectivity index (χ0) is 13.8. The predicted octanol–water partition coefficient (Wildman–Crippen LogP) is 4.02. The molecule has 1 aromatic rings. The second-order valence-corrected chi connectivity index (χ2v) is 7.35. The molecule has 0 aromatic heterocycles. The molecule has 1 unspecified atom stereocenters. The van der Waals surface area contributed by atoms with E-state index in [1.54, 1.807) is 0 Å². The number of halogens is 2. The highest BCUT2D eigenvalue weighted by atomic mass is 127. The van der Waals surface area contributed by atoms with Crippen molar-refractivity contribution >= 4 is 39.9 Å². The Balaban J connectivity index is 1.87. The summed E-state index contributed by atoms with van der Waals surface area (Å²) < 4.78 is 1.25. The summed E-state index contributed by atoms with van der Waals surface area (Å²) in [5.74, 6) is 1.50. The first-order chi connectivity index (χ1) is 9.06. The van der Waals surface area contributed by atoms with Gasteiger partial charge in [-0.15, -0.1) is 0 Å². The minimum Gasteiger partial charge on any atom is -0.370 e. The summed E-state index contributed by atoms with van der Waals surface area (Å²) in [5, 5.41) is 4.39. The average Bonchev–Trinajstić information content (AvgIpc) is 2.77. The number of rotatable bonds is 5. The molecular weight excluding hydrogens is 371 g/mol. The van der Waals surface area contributed by atoms with Crippen LogP contribution in [-0.2, 0) is 0 Å². The Labute approximate surface area is 135 Å². The highest BCUT2D eigenvalue weighted by Gasteiger charge is 2.23. The van der Waals surface area contributed by atoms with Crippen LogP contribution in [0.2, 0.25) is 5.02 Å². The third kappa shape index (κ3) is 4.50. The van der Waals surface area contributed by atoms with Gasteiger partial charge in [0.1, 0.15) is 0 Å². The monoisotopic (exact) mass is 392 g/mol. The lowest BCUT2D eigenvalue weighted by atomic mass is 10.1. The second-order valence-electron chi connectivity index (χ2n) is 5.75. The van der Waals surface area contributed by atoms with Crippen LogP contribution >= 0.6 is 34.2 Å². The third-order valence-corrected chi connectivity index (χ3v) is 4.62. The summed E-state index contributed by atoms with van der Waals surface area (Å²) in [4.78, 5) is 2.49. The summed E-state index contributed by atoms with van der Waals surface area (Å²) in [7, 11) is 0. The lowest BCUT2D eigenvalue weighted by molar-refractivity contribution is 0.477. The molecule has 0 aliphatic carbocycles. The van der Waals surface area contributed by atoms with Gasteiger partial charge in [0.2, 0.25) is 0 Å². The van der Waals surface area contributed by atoms with Crippen molar-refractivity contribution in [2.75, 3.05) is 31.1 Å². The van der Waals surface area contributed by atoms with Gasteiger partial charge in [0.15, 0.2) is 0 Å². The summed E-state index contributed by atoms with van der Waals surface area (Å²) in [6.07, 6.45) is 1.28. The number of hydrogen-bond donors (Lipinski definition) is 1. The van der Waals surface area contributed by atoms with E-state index >= 15 is 0 Å². The second kappa shape index (κ2) is 7.14. The molecule has 1 fully saturated rings. The molecule has 1 heterocycles. The quantitative estimate of drug-likeness (QED) is 0.762. The number of benzene rings is 1. The van der Waals surface area contributed by atoms with Crippen molar-refractivity contribution in [1.29, 1.82) is 0 Å². The van der Waals surface area contributed by atoms with Crippen molar-refractivity contribution in [3.05, 3.63) is 26.8 Å². The summed E-state index contributed by atoms with van der Waals surface area (Å²) >= 11 is 8.40. The minimum absolute atomic E-state index is 0.731. The minimum atomic E-state index is 0.731. The van der Waals surface area contributed by atoms with Crippen LogP contribution < -0.4 is 10.2 Å². The molecule has 0 saturated carbocycles. The van der Waals surface area contributed by atoms with Crippen molar-refractivity contribution in [3.63, 3.8) is 0 Å². The van der Waals surface area contributed by atoms with Gasteiger partial charge >= 0.3 is 0 Å². The van der Waals surface area contributed by atoms with Crippen LogP contribution in [0.5, 0.6) is 0 Å². The Hall–Kier alpha value is -0.000000000000000111. The molecule has 1 saturated heterocycles. The number of anilines is 1. The van der Waals surface area contributed by atoms with Crippen LogP contribution in [-0.4, -0.2) is 26.2 Å². The zero-order valence-electron chi connectivity index (χ0n) is 11.6. The predicted molar refractivity (Wildman–Crippen MR) is 92.2 cm³/mol. The lowest BCUT2D eigenvalue weighted by Gasteiger charge is -2.20. The molecule has 19 heavy (non-hydrogen) atoms. The van der Waals surface area contributed by atoms with E-state index in [0.717, 1.165) is 43.0 Å². The molecule has 1 aliphatic rings. The maximum Gasteiger partial charge on any atom is 0.0503 e. The Morgan fingerprint density at radius 1 is 1.47 bits per heavy atom. The van der Waals surface area contributed by atoms with Crippen LogP contribution in [0.1, 0.15) is 20.3 Å². The van der Waals surface area contributed by atoms with E-state index in [0.29, 0.717) is 0 Å². The smallest absolute Gasteiger partial charge is 0.0503 e. The van der Waals surface area contributed by atoms with Crippen LogP contribution in [0.3, 0.4) is 0 Å². The lowest BCUT2D eigenvalue weighted by Crippen LogP contribution is -2.28. The molecule has 0 spiro atoms. The fourth-order valence-corrected chi connectivity index (χ4v) is 3.74. The molecule has 2 nitrogen and oxygen atoms in total. The highest BCUT2D eigenvalue weighted by Crippen LogP contribution is 2.29. The average molecular weight is 393 g/mol. The van der Waals surface area contributed by atoms with Gasteiger partial charge in [-0.2, -0.15) is 0 Å². The van der Waals surface area contributed by atoms with Crippen LogP contribution in [0.25, 0.3) is 0 Å². The molecule has 4 heteroatoms. The van der Waals surface area contributed by atoms with Crippen molar-refractivity contribution in [1.82, 2.24) is 5.32 Å². The normalized spacial score (nSPS) is 19.4. The van der Waals surface area contributed by atoms with E-state index in [-0.39, 0.29) is 0 Å². The number of hydrogen-bond acceptors (Lipinski definition) is 2. The number of nitrogens with one attached hydrogen (secondary N) is 1. The van der Waals surface area contributed by atoms with Crippen molar-refractivity contribution in [2.45, 2.75) is 20.3 Å². The van der Waals surface area contributed by atoms with Crippen LogP contribution in [0.15, 0.2) is 18.2 Å². The highest BCUT2D eigenvalue weighted by molar-refractivity contribution is 14.1. The molecule has 1 atom stereocenters. The molecule has 0 radical (unpaired) electrons. The Morgan fingerprint density at radius 2 is 2.26 bits per heavy atom.